The Morgan fingerprint density at radius 1 is 1.38 bits per heavy atom. The van der Waals surface area contributed by atoms with E-state index in [4.69, 9.17) is 4.74 Å². The molecule has 1 aromatic rings. The molecule has 1 N–H and O–H groups in total. The molecule has 0 radical (unpaired) electrons. The summed E-state index contributed by atoms with van der Waals surface area (Å²) in [6.07, 6.45) is 1.26. The zero-order chi connectivity index (χ0) is 15.2. The van der Waals surface area contributed by atoms with Crippen LogP contribution in [0.5, 0.6) is 0 Å². The quantitative estimate of drug-likeness (QED) is 0.785. The Morgan fingerprint density at radius 2 is 2.19 bits per heavy atom. The molecule has 0 saturated carbocycles. The zero-order valence-electron chi connectivity index (χ0n) is 12.6. The van der Waals surface area contributed by atoms with Crippen molar-refractivity contribution in [1.82, 2.24) is 10.2 Å². The fraction of sp³-hybridized carbons (Fsp3) is 0.562. The Hall–Kier alpha value is -1.46. The average Bonchev–Trinajstić information content (AvgIpc) is 2.80. The van der Waals surface area contributed by atoms with Crippen molar-refractivity contribution in [2.75, 3.05) is 19.8 Å². The van der Waals surface area contributed by atoms with Crippen LogP contribution in [0.25, 0.3) is 0 Å². The lowest BCUT2D eigenvalue weighted by molar-refractivity contribution is -0.130. The predicted molar refractivity (Wildman–Crippen MR) is 79.2 cm³/mol. The summed E-state index contributed by atoms with van der Waals surface area (Å²) in [6.45, 7) is 5.85. The molecular formula is C16H23FN2O2. The fourth-order valence-electron chi connectivity index (χ4n) is 2.65. The Kier molecular flexibility index (Phi) is 5.70. The lowest BCUT2D eigenvalue weighted by Crippen LogP contribution is -2.32. The molecule has 5 heteroatoms. The van der Waals surface area contributed by atoms with Gasteiger partial charge < -0.3 is 9.64 Å². The maximum atomic E-state index is 13.4. The lowest BCUT2D eigenvalue weighted by atomic mass is 10.1. The first-order valence-electron chi connectivity index (χ1n) is 7.57. The highest BCUT2D eigenvalue weighted by Crippen LogP contribution is 2.27. The van der Waals surface area contributed by atoms with Crippen LogP contribution in [0.2, 0.25) is 0 Å². The van der Waals surface area contributed by atoms with Crippen molar-refractivity contribution in [2.24, 2.45) is 0 Å². The molecule has 4 nitrogen and oxygen atoms in total. The third kappa shape index (κ3) is 3.80. The number of hydrogen-bond acceptors (Lipinski definition) is 3. The number of amides is 1. The van der Waals surface area contributed by atoms with E-state index in [1.54, 1.807) is 11.0 Å². The van der Waals surface area contributed by atoms with Crippen LogP contribution in [-0.4, -0.2) is 36.6 Å². The lowest BCUT2D eigenvalue weighted by Gasteiger charge is -2.24. The summed E-state index contributed by atoms with van der Waals surface area (Å²) < 4.78 is 18.7. The highest BCUT2D eigenvalue weighted by Gasteiger charge is 2.38. The van der Waals surface area contributed by atoms with Gasteiger partial charge in [0.05, 0.1) is 6.04 Å². The number of carbonyl (C=O) groups is 1. The van der Waals surface area contributed by atoms with Gasteiger partial charge in [-0.25, -0.2) is 4.39 Å². The van der Waals surface area contributed by atoms with E-state index in [0.29, 0.717) is 19.8 Å². The average molecular weight is 294 g/mol. The van der Waals surface area contributed by atoms with E-state index < -0.39 is 0 Å². The molecule has 0 aromatic heterocycles. The molecule has 1 saturated heterocycles. The number of halogens is 1. The molecular weight excluding hydrogens is 271 g/mol. The Morgan fingerprint density at radius 3 is 2.86 bits per heavy atom. The van der Waals surface area contributed by atoms with E-state index in [1.807, 2.05) is 19.9 Å². The number of nitrogens with zero attached hydrogens (tertiary/aromatic N) is 1. The molecule has 0 bridgehead atoms. The number of carbonyl (C=O) groups excluding carboxylic acids is 1. The largest absolute Gasteiger partial charge is 0.382 e. The summed E-state index contributed by atoms with van der Waals surface area (Å²) in [5.41, 5.74) is 0.788. The number of benzene rings is 1. The molecule has 0 aliphatic carbocycles. The third-order valence-electron chi connectivity index (χ3n) is 3.72. The first kappa shape index (κ1) is 15.9. The van der Waals surface area contributed by atoms with Crippen LogP contribution in [0, 0.1) is 5.82 Å². The minimum atomic E-state index is -0.282. The highest BCUT2D eigenvalue weighted by molar-refractivity contribution is 5.84. The van der Waals surface area contributed by atoms with Gasteiger partial charge in [-0.3, -0.25) is 10.1 Å². The van der Waals surface area contributed by atoms with Crippen molar-refractivity contribution in [3.05, 3.63) is 35.6 Å². The van der Waals surface area contributed by atoms with Crippen molar-refractivity contribution in [1.29, 1.82) is 0 Å². The maximum absolute atomic E-state index is 13.4. The fourth-order valence-corrected chi connectivity index (χ4v) is 2.65. The normalized spacial score (nSPS) is 22.0. The minimum absolute atomic E-state index is 0.0864. The summed E-state index contributed by atoms with van der Waals surface area (Å²) in [4.78, 5) is 14.2. The van der Waals surface area contributed by atoms with Gasteiger partial charge in [0.2, 0.25) is 5.91 Å². The second-order valence-corrected chi connectivity index (χ2v) is 5.17. The van der Waals surface area contributed by atoms with Gasteiger partial charge in [0.25, 0.3) is 0 Å². The van der Waals surface area contributed by atoms with Crippen LogP contribution in [0.4, 0.5) is 4.39 Å². The number of nitrogens with one attached hydrogen (secondary N) is 1. The Balaban J connectivity index is 2.10. The van der Waals surface area contributed by atoms with Crippen LogP contribution < -0.4 is 5.32 Å². The van der Waals surface area contributed by atoms with Gasteiger partial charge in [0.15, 0.2) is 0 Å². The SMILES string of the molecule is CCOCCCN1C(=O)C(CC)NC1c1cccc(F)c1. The number of hydrogen-bond donors (Lipinski definition) is 1. The Bertz CT molecular complexity index is 481. The molecule has 1 amide bonds. The van der Waals surface area contributed by atoms with Gasteiger partial charge >= 0.3 is 0 Å². The molecule has 1 heterocycles. The van der Waals surface area contributed by atoms with Gasteiger partial charge in [-0.2, -0.15) is 0 Å². The summed E-state index contributed by atoms with van der Waals surface area (Å²) in [7, 11) is 0. The van der Waals surface area contributed by atoms with E-state index in [-0.39, 0.29) is 23.9 Å². The van der Waals surface area contributed by atoms with Gasteiger partial charge in [-0.05, 0) is 37.5 Å². The van der Waals surface area contributed by atoms with E-state index in [9.17, 15) is 9.18 Å². The van der Waals surface area contributed by atoms with Gasteiger partial charge in [0.1, 0.15) is 12.0 Å². The summed E-state index contributed by atoms with van der Waals surface area (Å²) in [5.74, 6) is -0.195. The molecule has 2 rings (SSSR count). The topological polar surface area (TPSA) is 41.6 Å². The second-order valence-electron chi connectivity index (χ2n) is 5.17. The summed E-state index contributed by atoms with van der Waals surface area (Å²) in [5, 5.41) is 3.29. The monoisotopic (exact) mass is 294 g/mol. The smallest absolute Gasteiger partial charge is 0.241 e. The minimum Gasteiger partial charge on any atom is -0.382 e. The van der Waals surface area contributed by atoms with Crippen LogP contribution in [0.15, 0.2) is 24.3 Å². The molecule has 2 unspecified atom stereocenters. The standard InChI is InChI=1S/C16H23FN2O2/c1-3-14-16(20)19(9-6-10-21-4-2)15(18-14)12-7-5-8-13(17)11-12/h5,7-8,11,14-15,18H,3-4,6,9-10H2,1-2H3. The van der Waals surface area contributed by atoms with E-state index in [2.05, 4.69) is 5.32 Å². The van der Waals surface area contributed by atoms with Crippen molar-refractivity contribution in [3.63, 3.8) is 0 Å². The molecule has 116 valence electrons. The first-order valence-corrected chi connectivity index (χ1v) is 7.57. The highest BCUT2D eigenvalue weighted by atomic mass is 19.1. The van der Waals surface area contributed by atoms with Crippen LogP contribution >= 0.6 is 0 Å². The van der Waals surface area contributed by atoms with Crippen molar-refractivity contribution >= 4 is 5.91 Å². The molecule has 2 atom stereocenters. The third-order valence-corrected chi connectivity index (χ3v) is 3.72. The van der Waals surface area contributed by atoms with E-state index in [0.717, 1.165) is 18.4 Å². The van der Waals surface area contributed by atoms with Crippen LogP contribution in [-0.2, 0) is 9.53 Å². The summed E-state index contributed by atoms with van der Waals surface area (Å²) >= 11 is 0. The molecule has 1 aliphatic heterocycles. The molecule has 1 aliphatic rings. The van der Waals surface area contributed by atoms with Crippen molar-refractivity contribution < 1.29 is 13.9 Å². The van der Waals surface area contributed by atoms with Gasteiger partial charge in [0, 0.05) is 19.8 Å². The van der Waals surface area contributed by atoms with Crippen molar-refractivity contribution in [3.8, 4) is 0 Å². The molecule has 1 aromatic carbocycles. The van der Waals surface area contributed by atoms with Crippen LogP contribution in [0.3, 0.4) is 0 Å². The predicted octanol–water partition coefficient (Wildman–Crippen LogP) is 2.46. The van der Waals surface area contributed by atoms with Crippen LogP contribution in [0.1, 0.15) is 38.4 Å². The molecule has 21 heavy (non-hydrogen) atoms. The molecule has 0 spiro atoms. The Labute approximate surface area is 125 Å². The maximum Gasteiger partial charge on any atom is 0.241 e. The van der Waals surface area contributed by atoms with E-state index in [1.165, 1.54) is 12.1 Å². The summed E-state index contributed by atoms with van der Waals surface area (Å²) in [6, 6.07) is 6.23. The second kappa shape index (κ2) is 7.52. The van der Waals surface area contributed by atoms with E-state index >= 15 is 0 Å². The number of ether oxygens (including phenoxy) is 1. The van der Waals surface area contributed by atoms with Gasteiger partial charge in [-0.1, -0.05) is 19.1 Å². The number of rotatable bonds is 7. The van der Waals surface area contributed by atoms with Crippen molar-refractivity contribution in [2.45, 2.75) is 38.9 Å². The molecule has 1 fully saturated rings. The van der Waals surface area contributed by atoms with Gasteiger partial charge in [-0.15, -0.1) is 0 Å². The zero-order valence-corrected chi connectivity index (χ0v) is 12.6. The first-order chi connectivity index (χ1) is 10.2.